The number of hydrogen-bond donors (Lipinski definition) is 3. The SMILES string of the molecule is CNCCN(C)C.Nc1nccn2c(C3CCC(C(=O)O)CC3)nc(-c3cccc(OCc4ccccc4)c3)c12. The van der Waals surface area contributed by atoms with Crippen molar-refractivity contribution in [2.75, 3.05) is 40.0 Å². The number of nitrogens with two attached hydrogens (primary N) is 1. The van der Waals surface area contributed by atoms with Crippen molar-refractivity contribution in [2.24, 2.45) is 5.92 Å². The van der Waals surface area contributed by atoms with E-state index >= 15 is 0 Å². The van der Waals surface area contributed by atoms with Gasteiger partial charge in [0.05, 0.1) is 5.92 Å². The number of aliphatic carboxylic acids is 1. The van der Waals surface area contributed by atoms with Crippen LogP contribution < -0.4 is 15.8 Å². The van der Waals surface area contributed by atoms with E-state index < -0.39 is 5.97 Å². The second kappa shape index (κ2) is 13.9. The lowest BCUT2D eigenvalue weighted by molar-refractivity contribution is -0.142. The van der Waals surface area contributed by atoms with Gasteiger partial charge in [0.2, 0.25) is 0 Å². The molecule has 0 aliphatic heterocycles. The fourth-order valence-electron chi connectivity index (χ4n) is 4.98. The van der Waals surface area contributed by atoms with Gasteiger partial charge in [-0.15, -0.1) is 0 Å². The molecule has 0 atom stereocenters. The van der Waals surface area contributed by atoms with Crippen LogP contribution in [0, 0.1) is 5.92 Å². The Morgan fingerprint density at radius 3 is 2.52 bits per heavy atom. The van der Waals surface area contributed by atoms with E-state index in [1.54, 1.807) is 6.20 Å². The van der Waals surface area contributed by atoms with Crippen molar-refractivity contribution >= 4 is 17.3 Å². The molecule has 0 saturated heterocycles. The fourth-order valence-corrected chi connectivity index (χ4v) is 4.98. The van der Waals surface area contributed by atoms with Gasteiger partial charge in [0.25, 0.3) is 0 Å². The van der Waals surface area contributed by atoms with E-state index in [0.717, 1.165) is 59.8 Å². The number of aromatic nitrogens is 3. The Bertz CT molecular complexity index is 1380. The molecule has 1 aliphatic carbocycles. The summed E-state index contributed by atoms with van der Waals surface area (Å²) in [5.74, 6) is 1.29. The van der Waals surface area contributed by atoms with E-state index in [-0.39, 0.29) is 11.8 Å². The van der Waals surface area contributed by atoms with Crippen molar-refractivity contribution in [2.45, 2.75) is 38.2 Å². The normalized spacial score (nSPS) is 16.9. The van der Waals surface area contributed by atoms with Gasteiger partial charge in [-0.1, -0.05) is 42.5 Å². The Morgan fingerprint density at radius 1 is 1.12 bits per heavy atom. The average molecular weight is 545 g/mol. The minimum atomic E-state index is -0.706. The van der Waals surface area contributed by atoms with Gasteiger partial charge in [-0.25, -0.2) is 9.97 Å². The molecule has 9 heteroatoms. The minimum Gasteiger partial charge on any atom is -0.489 e. The lowest BCUT2D eigenvalue weighted by atomic mass is 9.81. The van der Waals surface area contributed by atoms with Crippen LogP contribution in [0.4, 0.5) is 5.82 Å². The van der Waals surface area contributed by atoms with E-state index in [9.17, 15) is 9.90 Å². The summed E-state index contributed by atoms with van der Waals surface area (Å²) in [4.78, 5) is 22.8. The number of imidazole rings is 1. The first kappa shape index (κ1) is 29.0. The molecule has 0 radical (unpaired) electrons. The highest BCUT2D eigenvalue weighted by Gasteiger charge is 2.30. The van der Waals surface area contributed by atoms with Gasteiger partial charge < -0.3 is 25.8 Å². The van der Waals surface area contributed by atoms with Crippen LogP contribution in [-0.2, 0) is 11.4 Å². The number of hydrogen-bond acceptors (Lipinski definition) is 7. The maximum Gasteiger partial charge on any atom is 0.306 e. The van der Waals surface area contributed by atoms with Gasteiger partial charge in [-0.3, -0.25) is 9.20 Å². The molecule has 2 heterocycles. The van der Waals surface area contributed by atoms with Crippen LogP contribution in [0.3, 0.4) is 0 Å². The molecule has 1 aliphatic rings. The van der Waals surface area contributed by atoms with E-state index in [0.29, 0.717) is 25.3 Å². The molecule has 212 valence electrons. The summed E-state index contributed by atoms with van der Waals surface area (Å²) < 4.78 is 8.03. The molecule has 40 heavy (non-hydrogen) atoms. The Labute approximate surface area is 236 Å². The summed E-state index contributed by atoms with van der Waals surface area (Å²) in [5, 5.41) is 12.4. The molecule has 0 amide bonds. The van der Waals surface area contributed by atoms with Crippen LogP contribution in [-0.4, -0.2) is 64.6 Å². The number of carboxylic acids is 1. The summed E-state index contributed by atoms with van der Waals surface area (Å²) in [6.45, 7) is 2.68. The summed E-state index contributed by atoms with van der Waals surface area (Å²) in [6.07, 6.45) is 6.47. The van der Waals surface area contributed by atoms with Gasteiger partial charge in [-0.05, 0) is 64.5 Å². The van der Waals surface area contributed by atoms with E-state index in [2.05, 4.69) is 29.3 Å². The molecule has 9 nitrogen and oxygen atoms in total. The number of nitrogens with zero attached hydrogens (tertiary/aromatic N) is 4. The van der Waals surface area contributed by atoms with Crippen molar-refractivity contribution in [1.29, 1.82) is 0 Å². The van der Waals surface area contributed by atoms with Crippen molar-refractivity contribution in [1.82, 2.24) is 24.6 Å². The van der Waals surface area contributed by atoms with Crippen LogP contribution in [0.15, 0.2) is 67.0 Å². The first-order chi connectivity index (χ1) is 19.4. The number of rotatable bonds is 9. The average Bonchev–Trinajstić information content (AvgIpc) is 3.37. The van der Waals surface area contributed by atoms with Gasteiger partial charge in [0.1, 0.15) is 35.2 Å². The van der Waals surface area contributed by atoms with E-state index in [1.165, 1.54) is 0 Å². The number of ether oxygens (including phenoxy) is 1. The smallest absolute Gasteiger partial charge is 0.306 e. The minimum absolute atomic E-state index is 0.182. The van der Waals surface area contributed by atoms with Gasteiger partial charge in [-0.2, -0.15) is 0 Å². The van der Waals surface area contributed by atoms with Crippen molar-refractivity contribution in [3.63, 3.8) is 0 Å². The Morgan fingerprint density at radius 2 is 1.88 bits per heavy atom. The predicted octanol–water partition coefficient (Wildman–Crippen LogP) is 4.68. The number of fused-ring (bicyclic) bond motifs is 1. The number of carbonyl (C=O) groups is 1. The molecular weight excluding hydrogens is 504 g/mol. The van der Waals surface area contributed by atoms with Gasteiger partial charge in [0.15, 0.2) is 0 Å². The third kappa shape index (κ3) is 7.37. The predicted molar refractivity (Wildman–Crippen MR) is 158 cm³/mol. The van der Waals surface area contributed by atoms with Crippen LogP contribution in [0.1, 0.15) is 43.0 Å². The number of benzene rings is 2. The summed E-state index contributed by atoms with van der Waals surface area (Å²) in [5.41, 5.74) is 9.83. The first-order valence-electron chi connectivity index (χ1n) is 13.8. The van der Waals surface area contributed by atoms with E-state index in [1.807, 2.05) is 72.2 Å². The van der Waals surface area contributed by atoms with Crippen LogP contribution in [0.25, 0.3) is 16.8 Å². The summed E-state index contributed by atoms with van der Waals surface area (Å²) in [6, 6.07) is 17.9. The molecule has 1 fully saturated rings. The third-order valence-corrected chi connectivity index (χ3v) is 7.22. The second-order valence-electron chi connectivity index (χ2n) is 10.4. The quantitative estimate of drug-likeness (QED) is 0.278. The Balaban J connectivity index is 0.000000470. The van der Waals surface area contributed by atoms with E-state index in [4.69, 9.17) is 15.5 Å². The molecule has 0 spiro atoms. The van der Waals surface area contributed by atoms with Crippen molar-refractivity contribution in [3.05, 3.63) is 78.4 Å². The molecule has 1 saturated carbocycles. The highest BCUT2D eigenvalue weighted by molar-refractivity contribution is 5.85. The molecule has 2 aromatic heterocycles. The number of nitrogens with one attached hydrogen (secondary N) is 1. The van der Waals surface area contributed by atoms with Gasteiger partial charge >= 0.3 is 5.97 Å². The van der Waals surface area contributed by atoms with Crippen LogP contribution in [0.5, 0.6) is 5.75 Å². The lowest BCUT2D eigenvalue weighted by Gasteiger charge is -2.25. The monoisotopic (exact) mass is 544 g/mol. The third-order valence-electron chi connectivity index (χ3n) is 7.22. The maximum absolute atomic E-state index is 11.4. The van der Waals surface area contributed by atoms with Gasteiger partial charge in [0, 0.05) is 37.0 Å². The number of carboxylic acid groups (broad SMARTS) is 1. The lowest BCUT2D eigenvalue weighted by Crippen LogP contribution is -2.23. The Hall–Kier alpha value is -3.95. The molecule has 2 aromatic carbocycles. The zero-order valence-corrected chi connectivity index (χ0v) is 23.6. The zero-order chi connectivity index (χ0) is 28.5. The fraction of sp³-hybridized carbons (Fsp3) is 0.387. The standard InChI is InChI=1S/C26H26N4O3.C5H14N2/c27-24-23-22(20-7-4-8-21(15-20)33-16-17-5-2-1-3-6-17)29-25(30(23)14-13-28-24)18-9-11-19(12-10-18)26(31)32;1-6-4-5-7(2)3/h1-8,13-15,18-19H,9-12,16H2,(H2,27,28)(H,31,32);6H,4-5H2,1-3H3. The zero-order valence-electron chi connectivity index (χ0n) is 23.6. The largest absolute Gasteiger partial charge is 0.489 e. The number of likely N-dealkylation sites (N-methyl/N-ethyl adjacent to an activating group) is 2. The summed E-state index contributed by atoms with van der Waals surface area (Å²) >= 11 is 0. The summed E-state index contributed by atoms with van der Waals surface area (Å²) in [7, 11) is 6.10. The molecule has 0 bridgehead atoms. The molecule has 5 rings (SSSR count). The molecule has 4 N–H and O–H groups in total. The maximum atomic E-state index is 11.4. The number of nitrogen functional groups attached to an aromatic ring is 1. The van der Waals surface area contributed by atoms with Crippen LogP contribution in [0.2, 0.25) is 0 Å². The molecular formula is C31H40N6O3. The number of anilines is 1. The molecule has 4 aromatic rings. The van der Waals surface area contributed by atoms with Crippen LogP contribution >= 0.6 is 0 Å². The topological polar surface area (TPSA) is 118 Å². The Kier molecular flexibility index (Phi) is 10.1. The van der Waals surface area contributed by atoms with Crippen molar-refractivity contribution in [3.8, 4) is 17.0 Å². The second-order valence-corrected chi connectivity index (χ2v) is 10.4. The highest BCUT2D eigenvalue weighted by Crippen LogP contribution is 2.39. The van der Waals surface area contributed by atoms with Crippen molar-refractivity contribution < 1.29 is 14.6 Å². The first-order valence-corrected chi connectivity index (χ1v) is 13.8. The highest BCUT2D eigenvalue weighted by atomic mass is 16.5. The molecule has 0 unspecified atom stereocenters.